The highest BCUT2D eigenvalue weighted by atomic mass is 16.5. The fourth-order valence-corrected chi connectivity index (χ4v) is 7.17. The number of nitrogens with zero attached hydrogens (tertiary/aromatic N) is 2. The van der Waals surface area contributed by atoms with E-state index in [1.165, 1.54) is 33.9 Å². The Kier molecular flexibility index (Phi) is 24.5. The number of rotatable bonds is 15. The van der Waals surface area contributed by atoms with Crippen LogP contribution in [0, 0.1) is 23.7 Å². The largest absolute Gasteiger partial charge is 0.480 e. The highest BCUT2D eigenvalue weighted by Gasteiger charge is 2.37. The van der Waals surface area contributed by atoms with E-state index in [1.807, 2.05) is 43.3 Å². The third-order valence-corrected chi connectivity index (χ3v) is 11.7. The summed E-state index contributed by atoms with van der Waals surface area (Å²) in [6.45, 7) is 13.0. The molecule has 0 saturated carbocycles. The number of aliphatic carboxylic acids is 2. The third-order valence-electron chi connectivity index (χ3n) is 11.7. The molecule has 10 atom stereocenters. The highest BCUT2D eigenvalue weighted by molar-refractivity contribution is 6.00. The summed E-state index contributed by atoms with van der Waals surface area (Å²) in [5.41, 5.74) is 11.6. The molecule has 0 aromatic heterocycles. The maximum Gasteiger partial charge on any atom is 0.327 e. The van der Waals surface area contributed by atoms with Gasteiger partial charge in [-0.3, -0.25) is 38.6 Å². The van der Waals surface area contributed by atoms with Gasteiger partial charge in [0, 0.05) is 33.0 Å². The van der Waals surface area contributed by atoms with E-state index in [9.17, 15) is 53.4 Å². The third kappa shape index (κ3) is 19.5. The van der Waals surface area contributed by atoms with Crippen molar-refractivity contribution in [3.05, 3.63) is 72.5 Å². The maximum atomic E-state index is 14.3. The number of guanidine groups is 1. The van der Waals surface area contributed by atoms with Crippen molar-refractivity contribution in [1.29, 1.82) is 0 Å². The van der Waals surface area contributed by atoms with E-state index in [2.05, 4.69) is 43.5 Å². The Morgan fingerprint density at radius 3 is 2.03 bits per heavy atom. The van der Waals surface area contributed by atoms with E-state index < -0.39 is 120 Å². The summed E-state index contributed by atoms with van der Waals surface area (Å²) in [5.74, 6) is -12.6. The first-order valence-corrected chi connectivity index (χ1v) is 23.1. The minimum Gasteiger partial charge on any atom is -0.480 e. The van der Waals surface area contributed by atoms with Crippen LogP contribution in [0.1, 0.15) is 79.2 Å². The van der Waals surface area contributed by atoms with Gasteiger partial charge >= 0.3 is 11.9 Å². The van der Waals surface area contributed by atoms with Crippen LogP contribution in [0.3, 0.4) is 0 Å². The first-order chi connectivity index (χ1) is 32.9. The Bertz CT molecular complexity index is 2110. The number of amides is 7. The molecule has 22 nitrogen and oxygen atoms in total. The van der Waals surface area contributed by atoms with Gasteiger partial charge in [0.25, 0.3) is 5.91 Å². The molecule has 0 unspecified atom stereocenters. The number of hydrogen-bond donors (Lipinski definition) is 10. The molecular formula is C48H72N10O12. The van der Waals surface area contributed by atoms with Crippen LogP contribution in [-0.2, 0) is 54.3 Å². The molecule has 1 aliphatic rings. The van der Waals surface area contributed by atoms with Gasteiger partial charge in [0.2, 0.25) is 35.4 Å². The monoisotopic (exact) mass is 981 g/mol. The van der Waals surface area contributed by atoms with Crippen LogP contribution in [0.2, 0.25) is 0 Å². The average molecular weight is 981 g/mol. The van der Waals surface area contributed by atoms with E-state index >= 15 is 0 Å². The Labute approximate surface area is 408 Å². The summed E-state index contributed by atoms with van der Waals surface area (Å²) in [4.78, 5) is 125. The maximum absolute atomic E-state index is 14.3. The lowest BCUT2D eigenvalue weighted by atomic mass is 9.96. The number of carbonyl (C=O) groups excluding carboxylic acids is 7. The second-order valence-electron chi connectivity index (χ2n) is 17.8. The zero-order valence-electron chi connectivity index (χ0n) is 41.2. The molecule has 7 amide bonds. The van der Waals surface area contributed by atoms with E-state index in [1.54, 1.807) is 33.1 Å². The predicted molar refractivity (Wildman–Crippen MR) is 260 cm³/mol. The summed E-state index contributed by atoms with van der Waals surface area (Å²) in [5, 5.41) is 35.4. The standard InChI is InChI=1S/C48H72N10O12/c1-26(2)24-36-45(65)57-39(47(68)69)29(5)41(61)54-34(20-15-23-51-48(49)50)44(64)53-33(19-14-13-16-27(3)37(70-9)25-32-17-11-10-12-18-32)28(4)40(60)55-35(46(66)67)21-22-38(59)58(8)31(7)43(63)52-30(6)42(62)56-36/h10-14,16-19,26-30,33-37,39H,7,15,20-25H2,1-6,8-9H3,(H,52,63)(H,53,64)(H,54,61)(H,55,60)(H,56,62)(H,57,65)(H,66,67)(H,68,69)(H4,49,50,51)/b16-13+,19-14+/t27-,28-,29-,30+,33-,34-,35+,36-,37-,39+/m0/s1. The molecule has 1 fully saturated rings. The number of aliphatic imine (C=N–C) groups is 1. The van der Waals surface area contributed by atoms with Crippen LogP contribution in [0.15, 0.2) is 71.9 Å². The minimum atomic E-state index is -1.88. The van der Waals surface area contributed by atoms with Crippen molar-refractivity contribution in [2.24, 2.45) is 40.1 Å². The van der Waals surface area contributed by atoms with Gasteiger partial charge in [-0.05, 0) is 50.5 Å². The molecular weight excluding hydrogens is 909 g/mol. The molecule has 70 heavy (non-hydrogen) atoms. The highest BCUT2D eigenvalue weighted by Crippen LogP contribution is 2.17. The molecule has 2 rings (SSSR count). The van der Waals surface area contributed by atoms with Crippen molar-refractivity contribution in [1.82, 2.24) is 36.8 Å². The number of allylic oxidation sites excluding steroid dienone is 2. The number of carbonyl (C=O) groups is 9. The fourth-order valence-electron chi connectivity index (χ4n) is 7.17. The van der Waals surface area contributed by atoms with Gasteiger partial charge in [0.15, 0.2) is 5.96 Å². The van der Waals surface area contributed by atoms with E-state index in [0.717, 1.165) is 10.5 Å². The number of nitrogens with two attached hydrogens (primary N) is 2. The SMILES string of the molecule is C=C1C(=O)N[C@H](C)C(=O)N[C@@H](CC(C)C)C(=O)N[C@@H](C(=O)O)[C@H](C)C(=O)N[C@@H](CCCN=C(N)N)C(=O)N[C@@H](/C=C/C=C/[C@H](C)[C@H](Cc2ccccc2)OC)[C@H](C)C(=O)N[C@@H](C(=O)O)CCC(=O)N1C. The van der Waals surface area contributed by atoms with Crippen molar-refractivity contribution < 1.29 is 58.1 Å². The normalized spacial score (nSPS) is 25.4. The Balaban J connectivity index is 2.69. The molecule has 22 heteroatoms. The van der Waals surface area contributed by atoms with Crippen molar-refractivity contribution in [3.8, 4) is 0 Å². The number of benzene rings is 1. The molecule has 12 N–H and O–H groups in total. The summed E-state index contributed by atoms with van der Waals surface area (Å²) in [6.07, 6.45) is 6.14. The van der Waals surface area contributed by atoms with Crippen LogP contribution < -0.4 is 43.4 Å². The van der Waals surface area contributed by atoms with Crippen LogP contribution >= 0.6 is 0 Å². The first kappa shape index (κ1) is 59.0. The van der Waals surface area contributed by atoms with E-state index in [0.29, 0.717) is 6.42 Å². The van der Waals surface area contributed by atoms with Crippen LogP contribution in [0.25, 0.3) is 0 Å². The van der Waals surface area contributed by atoms with Gasteiger partial charge in [-0.1, -0.05) is 95.8 Å². The molecule has 0 bridgehead atoms. The lowest BCUT2D eigenvalue weighted by Gasteiger charge is -2.28. The fraction of sp³-hybridized carbons (Fsp3) is 0.542. The number of carboxylic acids is 2. The first-order valence-electron chi connectivity index (χ1n) is 23.1. The van der Waals surface area contributed by atoms with Crippen molar-refractivity contribution in [2.75, 3.05) is 20.7 Å². The number of hydrogen-bond acceptors (Lipinski definition) is 11. The minimum absolute atomic E-state index is 0.00658. The zero-order chi connectivity index (χ0) is 52.8. The lowest BCUT2D eigenvalue weighted by molar-refractivity contribution is -0.146. The average Bonchev–Trinajstić information content (AvgIpc) is 3.30. The lowest BCUT2D eigenvalue weighted by Crippen LogP contribution is -2.59. The summed E-state index contributed by atoms with van der Waals surface area (Å²) >= 11 is 0. The van der Waals surface area contributed by atoms with Gasteiger partial charge in [0.1, 0.15) is 35.9 Å². The number of carboxylic acid groups (broad SMARTS) is 2. The molecule has 1 heterocycles. The molecule has 1 aliphatic heterocycles. The Morgan fingerprint density at radius 1 is 0.829 bits per heavy atom. The molecule has 386 valence electrons. The van der Waals surface area contributed by atoms with Gasteiger partial charge in [0.05, 0.1) is 24.0 Å². The second-order valence-corrected chi connectivity index (χ2v) is 17.8. The number of methoxy groups -OCH3 is 1. The molecule has 1 aromatic rings. The van der Waals surface area contributed by atoms with Crippen LogP contribution in [0.4, 0.5) is 0 Å². The number of nitrogens with one attached hydrogen (secondary N) is 6. The number of ether oxygens (including phenoxy) is 1. The van der Waals surface area contributed by atoms with Gasteiger partial charge in [-0.25, -0.2) is 9.59 Å². The summed E-state index contributed by atoms with van der Waals surface area (Å²) < 4.78 is 5.76. The summed E-state index contributed by atoms with van der Waals surface area (Å²) in [7, 11) is 2.81. The Hall–Kier alpha value is -7.10. The zero-order valence-corrected chi connectivity index (χ0v) is 41.2. The second kappa shape index (κ2) is 29.0. The molecule has 0 spiro atoms. The van der Waals surface area contributed by atoms with Crippen molar-refractivity contribution in [3.63, 3.8) is 0 Å². The van der Waals surface area contributed by atoms with E-state index in [4.69, 9.17) is 16.2 Å². The van der Waals surface area contributed by atoms with Gasteiger partial charge in [-0.2, -0.15) is 0 Å². The van der Waals surface area contributed by atoms with Gasteiger partial charge in [-0.15, -0.1) is 0 Å². The molecule has 1 saturated heterocycles. The molecule has 0 radical (unpaired) electrons. The van der Waals surface area contributed by atoms with Crippen molar-refractivity contribution >= 4 is 59.2 Å². The topological polar surface area (TPSA) is 343 Å². The van der Waals surface area contributed by atoms with Gasteiger partial charge < -0.3 is 63.2 Å². The molecule has 0 aliphatic carbocycles. The molecule has 1 aromatic carbocycles. The number of likely N-dealkylation sites (N-methyl/N-ethyl adjacent to an activating group) is 1. The predicted octanol–water partition coefficient (Wildman–Crippen LogP) is 0.228. The van der Waals surface area contributed by atoms with Crippen molar-refractivity contribution in [2.45, 2.75) is 122 Å². The van der Waals surface area contributed by atoms with Crippen LogP contribution in [0.5, 0.6) is 0 Å². The van der Waals surface area contributed by atoms with E-state index in [-0.39, 0.29) is 49.7 Å². The van der Waals surface area contributed by atoms with Crippen LogP contribution in [-0.4, -0.2) is 137 Å². The Morgan fingerprint density at radius 2 is 1.44 bits per heavy atom. The quantitative estimate of drug-likeness (QED) is 0.0370. The smallest absolute Gasteiger partial charge is 0.327 e. The summed E-state index contributed by atoms with van der Waals surface area (Å²) in [6, 6.07) is 0.986.